The number of aromatic nitrogens is 2. The van der Waals surface area contributed by atoms with E-state index in [1.807, 2.05) is 13.8 Å². The van der Waals surface area contributed by atoms with Crippen LogP contribution in [-0.2, 0) is 7.05 Å². The largest absolute Gasteiger partial charge is 0.319 e. The lowest BCUT2D eigenvalue weighted by Crippen LogP contribution is -2.14. The molecule has 0 saturated carbocycles. The summed E-state index contributed by atoms with van der Waals surface area (Å²) in [6, 6.07) is 4.35. The predicted molar refractivity (Wildman–Crippen MR) is 74.7 cm³/mol. The number of halogens is 2. The first-order valence-corrected chi connectivity index (χ1v) is 6.46. The van der Waals surface area contributed by atoms with Crippen LogP contribution in [0.4, 0.5) is 10.1 Å². The van der Waals surface area contributed by atoms with Crippen LogP contribution >= 0.6 is 15.9 Å². The molecule has 0 aliphatic rings. The Labute approximate surface area is 118 Å². The molecule has 2 aromatic rings. The summed E-state index contributed by atoms with van der Waals surface area (Å²) in [7, 11) is 1.80. The zero-order chi connectivity index (χ0) is 14.2. The standard InChI is InChI=1S/C13H13BrFN3O/c1-7-12(8(2)18(3)17-7)16-13(19)9-5-4-6-10(15)11(9)14/h4-6H,1-3H3,(H,16,19). The van der Waals surface area contributed by atoms with Crippen LogP contribution < -0.4 is 5.32 Å². The normalized spacial score (nSPS) is 10.6. The summed E-state index contributed by atoms with van der Waals surface area (Å²) in [5.74, 6) is -0.835. The van der Waals surface area contributed by atoms with Gasteiger partial charge in [0.25, 0.3) is 5.91 Å². The van der Waals surface area contributed by atoms with Gasteiger partial charge in [0.2, 0.25) is 0 Å². The number of rotatable bonds is 2. The number of carbonyl (C=O) groups is 1. The lowest BCUT2D eigenvalue weighted by molar-refractivity contribution is 0.102. The molecular formula is C13H13BrFN3O. The fourth-order valence-electron chi connectivity index (χ4n) is 1.81. The van der Waals surface area contributed by atoms with Crippen LogP contribution in [0.3, 0.4) is 0 Å². The van der Waals surface area contributed by atoms with E-state index in [1.165, 1.54) is 12.1 Å². The molecule has 1 amide bonds. The van der Waals surface area contributed by atoms with E-state index in [4.69, 9.17) is 0 Å². The molecule has 0 atom stereocenters. The average Bonchev–Trinajstić information content (AvgIpc) is 2.59. The third-order valence-corrected chi connectivity index (χ3v) is 3.75. The van der Waals surface area contributed by atoms with Crippen LogP contribution in [0.5, 0.6) is 0 Å². The molecule has 0 saturated heterocycles. The lowest BCUT2D eigenvalue weighted by atomic mass is 10.2. The van der Waals surface area contributed by atoms with Crippen molar-refractivity contribution < 1.29 is 9.18 Å². The zero-order valence-corrected chi connectivity index (χ0v) is 12.4. The highest BCUT2D eigenvalue weighted by atomic mass is 79.9. The number of hydrogen-bond acceptors (Lipinski definition) is 2. The number of nitrogens with one attached hydrogen (secondary N) is 1. The molecule has 6 heteroatoms. The average molecular weight is 326 g/mol. The molecule has 1 N–H and O–H groups in total. The Balaban J connectivity index is 2.34. The van der Waals surface area contributed by atoms with E-state index in [0.29, 0.717) is 5.69 Å². The Hall–Kier alpha value is -1.69. The molecule has 0 fully saturated rings. The maximum absolute atomic E-state index is 13.4. The number of amides is 1. The fraction of sp³-hybridized carbons (Fsp3) is 0.231. The minimum absolute atomic E-state index is 0.159. The SMILES string of the molecule is Cc1nn(C)c(C)c1NC(=O)c1cccc(F)c1Br. The van der Waals surface area contributed by atoms with E-state index in [9.17, 15) is 9.18 Å². The molecule has 1 aromatic carbocycles. The van der Waals surface area contributed by atoms with Crippen molar-refractivity contribution in [1.29, 1.82) is 0 Å². The summed E-state index contributed by atoms with van der Waals surface area (Å²) in [6.07, 6.45) is 0. The Morgan fingerprint density at radius 2 is 2.11 bits per heavy atom. The van der Waals surface area contributed by atoms with Crippen molar-refractivity contribution >= 4 is 27.5 Å². The molecule has 1 heterocycles. The van der Waals surface area contributed by atoms with Crippen molar-refractivity contribution in [1.82, 2.24) is 9.78 Å². The van der Waals surface area contributed by atoms with Crippen LogP contribution in [0.25, 0.3) is 0 Å². The predicted octanol–water partition coefficient (Wildman–Crippen LogP) is 3.19. The van der Waals surface area contributed by atoms with Crippen molar-refractivity contribution in [3.8, 4) is 0 Å². The van der Waals surface area contributed by atoms with Gasteiger partial charge >= 0.3 is 0 Å². The van der Waals surface area contributed by atoms with Crippen molar-refractivity contribution in [2.75, 3.05) is 5.32 Å². The molecule has 0 aliphatic heterocycles. The number of aryl methyl sites for hydroxylation is 2. The maximum Gasteiger partial charge on any atom is 0.257 e. The van der Waals surface area contributed by atoms with Gasteiger partial charge in [-0.2, -0.15) is 5.10 Å². The highest BCUT2D eigenvalue weighted by Crippen LogP contribution is 2.23. The van der Waals surface area contributed by atoms with Crippen molar-refractivity contribution in [3.63, 3.8) is 0 Å². The van der Waals surface area contributed by atoms with E-state index in [2.05, 4.69) is 26.3 Å². The topological polar surface area (TPSA) is 46.9 Å². The third-order valence-electron chi connectivity index (χ3n) is 2.94. The van der Waals surface area contributed by atoms with Gasteiger partial charge in [0.1, 0.15) is 5.82 Å². The summed E-state index contributed by atoms with van der Waals surface area (Å²) in [6.45, 7) is 3.67. The van der Waals surface area contributed by atoms with E-state index < -0.39 is 5.82 Å². The second-order valence-electron chi connectivity index (χ2n) is 4.22. The molecule has 4 nitrogen and oxygen atoms in total. The molecule has 0 unspecified atom stereocenters. The summed E-state index contributed by atoms with van der Waals surface area (Å²) in [4.78, 5) is 12.2. The zero-order valence-electron chi connectivity index (χ0n) is 10.8. The van der Waals surface area contributed by atoms with Gasteiger partial charge in [0, 0.05) is 7.05 Å². The van der Waals surface area contributed by atoms with Gasteiger partial charge in [0.15, 0.2) is 0 Å². The summed E-state index contributed by atoms with van der Waals surface area (Å²) in [5.41, 5.74) is 2.48. The highest BCUT2D eigenvalue weighted by Gasteiger charge is 2.17. The van der Waals surface area contributed by atoms with Crippen molar-refractivity contribution in [2.45, 2.75) is 13.8 Å². The Bertz CT molecular complexity index is 652. The first-order valence-electron chi connectivity index (χ1n) is 5.67. The number of anilines is 1. The van der Waals surface area contributed by atoms with Gasteiger partial charge in [0.05, 0.1) is 27.1 Å². The minimum atomic E-state index is -0.465. The second-order valence-corrected chi connectivity index (χ2v) is 5.02. The molecule has 2 rings (SSSR count). The Morgan fingerprint density at radius 1 is 1.42 bits per heavy atom. The van der Waals surface area contributed by atoms with Gasteiger partial charge in [-0.25, -0.2) is 4.39 Å². The van der Waals surface area contributed by atoms with Gasteiger partial charge in [-0.1, -0.05) is 6.07 Å². The van der Waals surface area contributed by atoms with Gasteiger partial charge in [-0.3, -0.25) is 9.48 Å². The van der Waals surface area contributed by atoms with E-state index in [1.54, 1.807) is 17.8 Å². The van der Waals surface area contributed by atoms with E-state index in [-0.39, 0.29) is 15.9 Å². The highest BCUT2D eigenvalue weighted by molar-refractivity contribution is 9.10. The summed E-state index contributed by atoms with van der Waals surface area (Å²) >= 11 is 3.08. The molecule has 0 aliphatic carbocycles. The quantitative estimate of drug-likeness (QED) is 0.921. The van der Waals surface area contributed by atoms with Crippen LogP contribution in [0.15, 0.2) is 22.7 Å². The Morgan fingerprint density at radius 3 is 2.68 bits per heavy atom. The maximum atomic E-state index is 13.4. The number of benzene rings is 1. The first-order chi connectivity index (χ1) is 8.91. The van der Waals surface area contributed by atoms with E-state index in [0.717, 1.165) is 11.4 Å². The molecule has 19 heavy (non-hydrogen) atoms. The molecular weight excluding hydrogens is 313 g/mol. The third kappa shape index (κ3) is 2.53. The minimum Gasteiger partial charge on any atom is -0.319 e. The number of nitrogens with zero attached hydrogens (tertiary/aromatic N) is 2. The molecule has 100 valence electrons. The smallest absolute Gasteiger partial charge is 0.257 e. The lowest BCUT2D eigenvalue weighted by Gasteiger charge is -2.07. The van der Waals surface area contributed by atoms with Gasteiger partial charge < -0.3 is 5.32 Å². The first kappa shape index (κ1) is 13.7. The molecule has 0 radical (unpaired) electrons. The molecule has 1 aromatic heterocycles. The molecule has 0 bridgehead atoms. The van der Waals surface area contributed by atoms with Crippen LogP contribution in [-0.4, -0.2) is 15.7 Å². The van der Waals surface area contributed by atoms with Crippen LogP contribution in [0, 0.1) is 19.7 Å². The molecule has 0 spiro atoms. The summed E-state index contributed by atoms with van der Waals surface area (Å²) in [5, 5.41) is 6.98. The van der Waals surface area contributed by atoms with E-state index >= 15 is 0 Å². The van der Waals surface area contributed by atoms with Crippen molar-refractivity contribution in [3.05, 3.63) is 45.4 Å². The van der Waals surface area contributed by atoms with Gasteiger partial charge in [-0.05, 0) is 41.9 Å². The number of carbonyl (C=O) groups excluding carboxylic acids is 1. The second kappa shape index (κ2) is 5.13. The van der Waals surface area contributed by atoms with Crippen molar-refractivity contribution in [2.24, 2.45) is 7.05 Å². The monoisotopic (exact) mass is 325 g/mol. The summed E-state index contributed by atoms with van der Waals surface area (Å²) < 4.78 is 15.2. The van der Waals surface area contributed by atoms with Crippen LogP contribution in [0.2, 0.25) is 0 Å². The number of hydrogen-bond donors (Lipinski definition) is 1. The Kier molecular flexibility index (Phi) is 3.71. The fourth-order valence-corrected chi connectivity index (χ4v) is 2.26. The van der Waals surface area contributed by atoms with Gasteiger partial charge in [-0.15, -0.1) is 0 Å². The van der Waals surface area contributed by atoms with Crippen LogP contribution in [0.1, 0.15) is 21.7 Å².